The van der Waals surface area contributed by atoms with Crippen molar-refractivity contribution >= 4 is 22.6 Å². The quantitative estimate of drug-likeness (QED) is 0.478. The van der Waals surface area contributed by atoms with Gasteiger partial charge in [0.15, 0.2) is 17.3 Å². The van der Waals surface area contributed by atoms with Crippen LogP contribution in [-0.2, 0) is 0 Å². The van der Waals surface area contributed by atoms with Gasteiger partial charge in [0, 0.05) is 19.3 Å². The predicted molar refractivity (Wildman–Crippen MR) is 122 cm³/mol. The van der Waals surface area contributed by atoms with Crippen LogP contribution in [-0.4, -0.2) is 46.7 Å². The van der Waals surface area contributed by atoms with Gasteiger partial charge in [0.05, 0.1) is 11.1 Å². The van der Waals surface area contributed by atoms with Crippen LogP contribution in [0.25, 0.3) is 16.6 Å². The molecule has 1 fully saturated rings. The number of benzene rings is 2. The number of carbonyl (C=O) groups is 1. The Labute approximate surface area is 185 Å². The third-order valence-electron chi connectivity index (χ3n) is 5.69. The Morgan fingerprint density at radius 3 is 2.66 bits per heavy atom. The number of hydrogen-bond acceptors (Lipinski definition) is 5. The van der Waals surface area contributed by atoms with Crippen LogP contribution in [0.15, 0.2) is 41.3 Å². The molecule has 168 valence electrons. The van der Waals surface area contributed by atoms with E-state index in [1.807, 2.05) is 13.8 Å². The highest BCUT2D eigenvalue weighted by molar-refractivity contribution is 5.98. The fourth-order valence-electron chi connectivity index (χ4n) is 4.23. The lowest BCUT2D eigenvalue weighted by molar-refractivity contribution is 0.0695. The van der Waals surface area contributed by atoms with E-state index >= 15 is 4.39 Å². The largest absolute Gasteiger partial charge is 0.477 e. The number of carboxylic acids is 1. The van der Waals surface area contributed by atoms with Crippen LogP contribution in [0.2, 0.25) is 0 Å². The number of hydrogen-bond donors (Lipinski definition) is 2. The number of fused-ring (bicyclic) bond motifs is 2. The Hall–Kier alpha value is -3.39. The number of aromatic carboxylic acids is 1. The van der Waals surface area contributed by atoms with E-state index in [1.54, 1.807) is 28.8 Å². The van der Waals surface area contributed by atoms with Crippen LogP contribution in [0, 0.1) is 5.82 Å². The summed E-state index contributed by atoms with van der Waals surface area (Å²) >= 11 is 0. The fourth-order valence-corrected chi connectivity index (χ4v) is 4.23. The second-order valence-corrected chi connectivity index (χ2v) is 7.55. The summed E-state index contributed by atoms with van der Waals surface area (Å²) in [5, 5.41) is 12.6. The Kier molecular flexibility index (Phi) is 6.14. The molecule has 2 aliphatic heterocycles. The summed E-state index contributed by atoms with van der Waals surface area (Å²) in [4.78, 5) is 26.7. The Morgan fingerprint density at radius 1 is 1.22 bits per heavy atom. The second kappa shape index (κ2) is 9.00. The zero-order chi connectivity index (χ0) is 22.8. The Morgan fingerprint density at radius 2 is 1.94 bits per heavy atom. The molecule has 32 heavy (non-hydrogen) atoms. The van der Waals surface area contributed by atoms with Crippen molar-refractivity contribution in [3.05, 3.63) is 58.1 Å². The molecule has 0 bridgehead atoms. The summed E-state index contributed by atoms with van der Waals surface area (Å²) in [6, 6.07) is 8.15. The maximum absolute atomic E-state index is 15.1. The first-order valence-electron chi connectivity index (χ1n) is 10.9. The third kappa shape index (κ3) is 3.71. The van der Waals surface area contributed by atoms with Crippen LogP contribution in [0.1, 0.15) is 37.0 Å². The van der Waals surface area contributed by atoms with Gasteiger partial charge in [0.1, 0.15) is 16.8 Å². The first kappa shape index (κ1) is 21.8. The van der Waals surface area contributed by atoms with Gasteiger partial charge in [-0.1, -0.05) is 26.0 Å². The number of aromatic nitrogens is 1. The van der Waals surface area contributed by atoms with E-state index in [4.69, 9.17) is 4.74 Å². The lowest BCUT2D eigenvalue weighted by Gasteiger charge is -2.26. The van der Waals surface area contributed by atoms with Gasteiger partial charge in [-0.2, -0.15) is 0 Å². The summed E-state index contributed by atoms with van der Waals surface area (Å²) in [6.07, 6.45) is 3.63. The number of para-hydroxylation sites is 2. The van der Waals surface area contributed by atoms with E-state index in [0.717, 1.165) is 25.7 Å². The average Bonchev–Trinajstić information content (AvgIpc) is 3.32. The van der Waals surface area contributed by atoms with Crippen molar-refractivity contribution < 1.29 is 19.0 Å². The fraction of sp³-hybridized carbons (Fsp3) is 0.333. The van der Waals surface area contributed by atoms with Crippen molar-refractivity contribution in [2.24, 2.45) is 0 Å². The molecule has 0 atom stereocenters. The molecule has 0 spiro atoms. The van der Waals surface area contributed by atoms with Crippen LogP contribution in [0.4, 0.5) is 10.1 Å². The average molecular weight is 439 g/mol. The molecular weight excluding hydrogens is 413 g/mol. The number of pyridine rings is 1. The van der Waals surface area contributed by atoms with Gasteiger partial charge in [0.25, 0.3) is 0 Å². The van der Waals surface area contributed by atoms with Gasteiger partial charge < -0.3 is 24.6 Å². The smallest absolute Gasteiger partial charge is 0.341 e. The van der Waals surface area contributed by atoms with Crippen LogP contribution >= 0.6 is 0 Å². The van der Waals surface area contributed by atoms with Crippen molar-refractivity contribution in [2.45, 2.75) is 26.7 Å². The molecule has 0 unspecified atom stereocenters. The maximum Gasteiger partial charge on any atom is 0.341 e. The van der Waals surface area contributed by atoms with Gasteiger partial charge >= 0.3 is 5.97 Å². The number of nitrogens with zero attached hydrogens (tertiary/aromatic N) is 2. The maximum atomic E-state index is 15.1. The molecule has 5 rings (SSSR count). The van der Waals surface area contributed by atoms with E-state index in [2.05, 4.69) is 10.2 Å². The minimum atomic E-state index is -1.36. The van der Waals surface area contributed by atoms with Gasteiger partial charge in [-0.15, -0.1) is 0 Å². The first-order chi connectivity index (χ1) is 15.5. The number of anilines is 1. The van der Waals surface area contributed by atoms with E-state index in [9.17, 15) is 14.7 Å². The van der Waals surface area contributed by atoms with E-state index in [0.29, 0.717) is 23.5 Å². The zero-order valence-corrected chi connectivity index (χ0v) is 18.2. The topological polar surface area (TPSA) is 83.8 Å². The molecular formula is C24H26FN3O4. The second-order valence-electron chi connectivity index (χ2n) is 7.55. The molecule has 0 radical (unpaired) electrons. The van der Waals surface area contributed by atoms with E-state index < -0.39 is 22.8 Å². The molecule has 3 heterocycles. The summed E-state index contributed by atoms with van der Waals surface area (Å²) in [5.74, 6) is -1.35. The molecule has 0 saturated carbocycles. The summed E-state index contributed by atoms with van der Waals surface area (Å²) < 4.78 is 22.7. The van der Waals surface area contributed by atoms with Crippen molar-refractivity contribution in [2.75, 3.05) is 31.5 Å². The van der Waals surface area contributed by atoms with E-state index in [-0.39, 0.29) is 16.8 Å². The summed E-state index contributed by atoms with van der Waals surface area (Å²) in [7, 11) is 0. The SMILES string of the molecule is CC.O=C(O)c1cn2c3c(c(NCCN4CCCC4)c(F)cc3c1=O)Oc1ccccc1-2. The van der Waals surface area contributed by atoms with Gasteiger partial charge in [0.2, 0.25) is 5.43 Å². The van der Waals surface area contributed by atoms with Crippen molar-refractivity contribution in [3.8, 4) is 17.2 Å². The highest BCUT2D eigenvalue weighted by atomic mass is 19.1. The van der Waals surface area contributed by atoms with Crippen molar-refractivity contribution in [3.63, 3.8) is 0 Å². The lowest BCUT2D eigenvalue weighted by atomic mass is 10.1. The number of carboxylic acid groups (broad SMARTS) is 1. The van der Waals surface area contributed by atoms with Crippen LogP contribution < -0.4 is 15.5 Å². The lowest BCUT2D eigenvalue weighted by Crippen LogP contribution is -2.26. The summed E-state index contributed by atoms with van der Waals surface area (Å²) in [5.41, 5.74) is -0.0342. The molecule has 2 aromatic carbocycles. The molecule has 0 amide bonds. The monoisotopic (exact) mass is 439 g/mol. The minimum absolute atomic E-state index is 0.0259. The van der Waals surface area contributed by atoms with E-state index in [1.165, 1.54) is 19.0 Å². The number of nitrogens with one attached hydrogen (secondary N) is 1. The van der Waals surface area contributed by atoms with Gasteiger partial charge in [-0.3, -0.25) is 4.79 Å². The number of rotatable bonds is 5. The minimum Gasteiger partial charge on any atom is -0.477 e. The summed E-state index contributed by atoms with van der Waals surface area (Å²) in [6.45, 7) is 7.38. The van der Waals surface area contributed by atoms with Gasteiger partial charge in [-0.05, 0) is 44.1 Å². The Balaban J connectivity index is 0.00000119. The molecule has 8 heteroatoms. The normalized spacial score (nSPS) is 14.3. The number of halogens is 1. The Bertz CT molecular complexity index is 1230. The third-order valence-corrected chi connectivity index (χ3v) is 5.69. The standard InChI is InChI=1S/C22H20FN3O4.C2H6/c23-15-11-13-19-21(18(15)24-7-10-25-8-3-4-9-25)30-17-6-2-1-5-16(17)26(19)12-14(20(13)27)22(28)29;1-2/h1-2,5-6,11-12,24H,3-4,7-10H2,(H,28,29);1-2H3. The molecule has 1 aromatic heterocycles. The first-order valence-corrected chi connectivity index (χ1v) is 10.9. The van der Waals surface area contributed by atoms with Crippen molar-refractivity contribution in [1.82, 2.24) is 9.47 Å². The highest BCUT2D eigenvalue weighted by Crippen LogP contribution is 2.44. The molecule has 0 aliphatic carbocycles. The molecule has 7 nitrogen and oxygen atoms in total. The molecule has 3 aromatic rings. The predicted octanol–water partition coefficient (Wildman–Crippen LogP) is 4.47. The number of ether oxygens (including phenoxy) is 1. The molecule has 2 aliphatic rings. The molecule has 1 saturated heterocycles. The molecule has 2 N–H and O–H groups in total. The number of likely N-dealkylation sites (tertiary alicyclic amines) is 1. The van der Waals surface area contributed by atoms with Crippen LogP contribution in [0.5, 0.6) is 11.5 Å². The van der Waals surface area contributed by atoms with Crippen LogP contribution in [0.3, 0.4) is 0 Å². The zero-order valence-electron chi connectivity index (χ0n) is 18.2. The van der Waals surface area contributed by atoms with Crippen molar-refractivity contribution in [1.29, 1.82) is 0 Å². The van der Waals surface area contributed by atoms with Gasteiger partial charge in [-0.25, -0.2) is 9.18 Å². The highest BCUT2D eigenvalue weighted by Gasteiger charge is 2.28.